The first-order valence-corrected chi connectivity index (χ1v) is 9.29. The molecular formula is C20H18F4N4O2. The summed E-state index contributed by atoms with van der Waals surface area (Å²) in [7, 11) is 1.70. The smallest absolute Gasteiger partial charge is 0.419 e. The van der Waals surface area contributed by atoms with Gasteiger partial charge in [0, 0.05) is 49.3 Å². The zero-order valence-electron chi connectivity index (χ0n) is 15.9. The van der Waals surface area contributed by atoms with Gasteiger partial charge in [-0.15, -0.1) is 0 Å². The van der Waals surface area contributed by atoms with E-state index in [2.05, 4.69) is 9.97 Å². The third kappa shape index (κ3) is 3.57. The second-order valence-corrected chi connectivity index (χ2v) is 7.35. The molecular weight excluding hydrogens is 404 g/mol. The number of carboxylic acids is 1. The number of hydrogen-bond acceptors (Lipinski definition) is 4. The molecule has 1 aliphatic rings. The summed E-state index contributed by atoms with van der Waals surface area (Å²) in [4.78, 5) is 20.7. The molecule has 1 aliphatic carbocycles. The van der Waals surface area contributed by atoms with Crippen molar-refractivity contribution >= 4 is 17.4 Å². The number of rotatable bonds is 4. The van der Waals surface area contributed by atoms with E-state index >= 15 is 0 Å². The first kappa shape index (κ1) is 20.1. The lowest BCUT2D eigenvalue weighted by atomic mass is 9.89. The number of likely N-dealkylation sites (N-methyl/N-ethyl adjacent to an activating group) is 1. The van der Waals surface area contributed by atoms with E-state index in [0.29, 0.717) is 30.3 Å². The predicted molar refractivity (Wildman–Crippen MR) is 99.9 cm³/mol. The number of aromatic nitrogens is 3. The number of pyridine rings is 1. The average molecular weight is 422 g/mol. The SMILES string of the molecule is CN(c1ncc(C(F)(F)F)cn1)C1CCc2c(CC(=O)O)c3ccc(F)cn3c2C1. The number of fused-ring (bicyclic) bond motifs is 3. The molecule has 0 bridgehead atoms. The van der Waals surface area contributed by atoms with Gasteiger partial charge in [0.1, 0.15) is 5.82 Å². The lowest BCUT2D eigenvalue weighted by Crippen LogP contribution is -2.38. The number of alkyl halides is 3. The van der Waals surface area contributed by atoms with Crippen LogP contribution in [-0.4, -0.2) is 38.5 Å². The summed E-state index contributed by atoms with van der Waals surface area (Å²) in [5, 5.41) is 9.28. The number of nitrogens with zero attached hydrogens (tertiary/aromatic N) is 4. The number of halogens is 4. The second-order valence-electron chi connectivity index (χ2n) is 7.35. The van der Waals surface area contributed by atoms with Crippen LogP contribution in [0.2, 0.25) is 0 Å². The van der Waals surface area contributed by atoms with E-state index < -0.39 is 23.5 Å². The number of carboxylic acid groups (broad SMARTS) is 1. The van der Waals surface area contributed by atoms with E-state index in [4.69, 9.17) is 0 Å². The minimum atomic E-state index is -4.51. The van der Waals surface area contributed by atoms with E-state index in [-0.39, 0.29) is 18.4 Å². The molecule has 3 aromatic heterocycles. The molecule has 0 fully saturated rings. The summed E-state index contributed by atoms with van der Waals surface area (Å²) in [6, 6.07) is 2.74. The van der Waals surface area contributed by atoms with Crippen LogP contribution in [0.15, 0.2) is 30.7 Å². The van der Waals surface area contributed by atoms with Crippen molar-refractivity contribution in [3.63, 3.8) is 0 Å². The maximum atomic E-state index is 13.9. The predicted octanol–water partition coefficient (Wildman–Crippen LogP) is 3.51. The summed E-state index contributed by atoms with van der Waals surface area (Å²) in [5.74, 6) is -1.25. The van der Waals surface area contributed by atoms with E-state index in [1.807, 2.05) is 0 Å². The molecule has 3 heterocycles. The topological polar surface area (TPSA) is 70.7 Å². The van der Waals surface area contributed by atoms with Crippen molar-refractivity contribution in [2.45, 2.75) is 37.9 Å². The third-order valence-corrected chi connectivity index (χ3v) is 5.54. The standard InChI is InChI=1S/C20H18F4N4O2/c1-27(19-25-8-11(9-26-19)20(22,23)24)13-3-4-14-15(7-18(29)30)16-5-2-12(21)10-28(16)17(14)6-13/h2,5,8-10,13H,3-4,6-7H2,1H3,(H,29,30). The Kier molecular flexibility index (Phi) is 4.87. The van der Waals surface area contributed by atoms with E-state index in [0.717, 1.165) is 23.7 Å². The molecule has 0 saturated carbocycles. The molecule has 1 atom stereocenters. The van der Waals surface area contributed by atoms with Crippen LogP contribution < -0.4 is 4.90 Å². The Hall–Kier alpha value is -3.17. The van der Waals surface area contributed by atoms with Gasteiger partial charge < -0.3 is 14.4 Å². The van der Waals surface area contributed by atoms with Crippen LogP contribution in [0, 0.1) is 5.82 Å². The molecule has 158 valence electrons. The van der Waals surface area contributed by atoms with Gasteiger partial charge in [0.05, 0.1) is 12.0 Å². The van der Waals surface area contributed by atoms with E-state index in [1.165, 1.54) is 12.3 Å². The molecule has 0 radical (unpaired) electrons. The van der Waals surface area contributed by atoms with Crippen molar-refractivity contribution in [3.05, 3.63) is 58.9 Å². The number of carbonyl (C=O) groups is 1. The first-order valence-electron chi connectivity index (χ1n) is 9.29. The molecule has 1 unspecified atom stereocenters. The highest BCUT2D eigenvalue weighted by molar-refractivity contribution is 5.77. The second kappa shape index (κ2) is 7.26. The van der Waals surface area contributed by atoms with Gasteiger partial charge in [0.15, 0.2) is 0 Å². The molecule has 1 N–H and O–H groups in total. The number of hydrogen-bond donors (Lipinski definition) is 1. The summed E-state index contributed by atoms with van der Waals surface area (Å²) >= 11 is 0. The lowest BCUT2D eigenvalue weighted by Gasteiger charge is -2.32. The largest absolute Gasteiger partial charge is 0.481 e. The van der Waals surface area contributed by atoms with Crippen molar-refractivity contribution in [3.8, 4) is 0 Å². The summed E-state index contributed by atoms with van der Waals surface area (Å²) < 4.78 is 53.8. The van der Waals surface area contributed by atoms with Crippen LogP contribution in [0.3, 0.4) is 0 Å². The van der Waals surface area contributed by atoms with Crippen molar-refractivity contribution in [2.75, 3.05) is 11.9 Å². The van der Waals surface area contributed by atoms with E-state index in [1.54, 1.807) is 22.4 Å². The van der Waals surface area contributed by atoms with Crippen molar-refractivity contribution in [1.29, 1.82) is 0 Å². The minimum absolute atomic E-state index is 0.131. The monoisotopic (exact) mass is 422 g/mol. The quantitative estimate of drug-likeness (QED) is 0.652. The molecule has 6 nitrogen and oxygen atoms in total. The number of aliphatic carboxylic acids is 1. The molecule has 10 heteroatoms. The van der Waals surface area contributed by atoms with Gasteiger partial charge >= 0.3 is 12.1 Å². The van der Waals surface area contributed by atoms with Gasteiger partial charge in [-0.05, 0) is 36.1 Å². The van der Waals surface area contributed by atoms with Crippen LogP contribution in [0.1, 0.15) is 28.8 Å². The van der Waals surface area contributed by atoms with Gasteiger partial charge in [-0.25, -0.2) is 14.4 Å². The first-order chi connectivity index (χ1) is 14.1. The Morgan fingerprint density at radius 1 is 1.30 bits per heavy atom. The molecule has 0 amide bonds. The normalized spacial score (nSPS) is 16.5. The molecule has 0 spiro atoms. The molecule has 0 saturated heterocycles. The van der Waals surface area contributed by atoms with E-state index in [9.17, 15) is 27.5 Å². The van der Waals surface area contributed by atoms with Gasteiger partial charge in [0.2, 0.25) is 5.95 Å². The Bertz CT molecular complexity index is 1110. The zero-order valence-corrected chi connectivity index (χ0v) is 15.9. The summed E-state index contributed by atoms with van der Waals surface area (Å²) in [6.07, 6.45) is -0.173. The molecule has 0 aliphatic heterocycles. The summed E-state index contributed by atoms with van der Waals surface area (Å²) in [5.41, 5.74) is 2.09. The van der Waals surface area contributed by atoms with Crippen LogP contribution >= 0.6 is 0 Å². The maximum absolute atomic E-state index is 13.9. The molecule has 3 aromatic rings. The summed E-state index contributed by atoms with van der Waals surface area (Å²) in [6.45, 7) is 0. The molecule has 0 aromatic carbocycles. The minimum Gasteiger partial charge on any atom is -0.481 e. The highest BCUT2D eigenvalue weighted by Gasteiger charge is 2.33. The molecule has 30 heavy (non-hydrogen) atoms. The van der Waals surface area contributed by atoms with Crippen molar-refractivity contribution in [2.24, 2.45) is 0 Å². The van der Waals surface area contributed by atoms with Crippen LogP contribution in [0.4, 0.5) is 23.5 Å². The Morgan fingerprint density at radius 2 is 2.00 bits per heavy atom. The maximum Gasteiger partial charge on any atom is 0.419 e. The third-order valence-electron chi connectivity index (χ3n) is 5.54. The highest BCUT2D eigenvalue weighted by Crippen LogP contribution is 2.34. The fourth-order valence-corrected chi connectivity index (χ4v) is 4.06. The van der Waals surface area contributed by atoms with Crippen LogP contribution in [0.5, 0.6) is 0 Å². The highest BCUT2D eigenvalue weighted by atomic mass is 19.4. The van der Waals surface area contributed by atoms with Gasteiger partial charge in [0.25, 0.3) is 0 Å². The van der Waals surface area contributed by atoms with Crippen molar-refractivity contribution in [1.82, 2.24) is 14.4 Å². The van der Waals surface area contributed by atoms with Gasteiger partial charge in [-0.3, -0.25) is 4.79 Å². The fourth-order valence-electron chi connectivity index (χ4n) is 4.06. The lowest BCUT2D eigenvalue weighted by molar-refractivity contribution is -0.138. The fraction of sp³-hybridized carbons (Fsp3) is 0.350. The Labute approximate surface area is 168 Å². The Balaban J connectivity index is 1.67. The van der Waals surface area contributed by atoms with Crippen LogP contribution in [-0.2, 0) is 30.2 Å². The van der Waals surface area contributed by atoms with Gasteiger partial charge in [-0.2, -0.15) is 13.2 Å². The van der Waals surface area contributed by atoms with Gasteiger partial charge in [-0.1, -0.05) is 0 Å². The zero-order chi connectivity index (χ0) is 21.6. The van der Waals surface area contributed by atoms with Crippen LogP contribution in [0.25, 0.3) is 5.52 Å². The number of anilines is 1. The Morgan fingerprint density at radius 3 is 2.63 bits per heavy atom. The molecule has 4 rings (SSSR count). The van der Waals surface area contributed by atoms with Crippen molar-refractivity contribution < 1.29 is 27.5 Å². The average Bonchev–Trinajstić information content (AvgIpc) is 2.99.